The number of amides is 2. The van der Waals surface area contributed by atoms with E-state index in [0.29, 0.717) is 11.1 Å². The van der Waals surface area contributed by atoms with Gasteiger partial charge in [-0.3, -0.25) is 9.59 Å². The summed E-state index contributed by atoms with van der Waals surface area (Å²) in [6.07, 6.45) is 4.67. The van der Waals surface area contributed by atoms with Crippen LogP contribution in [0.2, 0.25) is 0 Å². The molecule has 28 heavy (non-hydrogen) atoms. The average molecular weight is 380 g/mol. The van der Waals surface area contributed by atoms with Crippen molar-refractivity contribution in [3.63, 3.8) is 0 Å². The normalized spacial score (nSPS) is 15.0. The summed E-state index contributed by atoms with van der Waals surface area (Å²) < 4.78 is 0. The zero-order chi connectivity index (χ0) is 19.9. The number of anilines is 2. The van der Waals surface area contributed by atoms with E-state index in [2.05, 4.69) is 27.7 Å². The number of nitrogens with one attached hydrogen (secondary N) is 2. The fraction of sp³-hybridized carbons (Fsp3) is 0.391. The van der Waals surface area contributed by atoms with Gasteiger partial charge in [-0.2, -0.15) is 0 Å². The molecule has 1 aliphatic heterocycles. The van der Waals surface area contributed by atoms with E-state index in [4.69, 9.17) is 0 Å². The number of nitrogens with zero attached hydrogens (tertiary/aromatic N) is 1. The molecule has 0 spiro atoms. The fourth-order valence-corrected chi connectivity index (χ4v) is 3.29. The zero-order valence-corrected chi connectivity index (χ0v) is 16.7. The third kappa shape index (κ3) is 5.12. The molecular formula is C23H29N3O2. The van der Waals surface area contributed by atoms with E-state index in [1.165, 1.54) is 24.9 Å². The van der Waals surface area contributed by atoms with Crippen LogP contribution in [-0.2, 0) is 0 Å². The Hall–Kier alpha value is -2.82. The van der Waals surface area contributed by atoms with Crippen LogP contribution in [0.3, 0.4) is 0 Å². The lowest BCUT2D eigenvalue weighted by atomic mass is 10.1. The molecule has 1 unspecified atom stereocenters. The average Bonchev–Trinajstić information content (AvgIpc) is 2.75. The molecule has 2 amide bonds. The van der Waals surface area contributed by atoms with Gasteiger partial charge in [0.25, 0.3) is 11.8 Å². The molecule has 2 aromatic carbocycles. The first-order chi connectivity index (χ1) is 13.6. The maximum Gasteiger partial charge on any atom is 0.255 e. The molecule has 1 aliphatic rings. The van der Waals surface area contributed by atoms with Crippen molar-refractivity contribution in [1.82, 2.24) is 5.32 Å². The third-order valence-corrected chi connectivity index (χ3v) is 5.25. The van der Waals surface area contributed by atoms with Crippen molar-refractivity contribution < 1.29 is 9.59 Å². The number of hydrogen-bond donors (Lipinski definition) is 2. The highest BCUT2D eigenvalue weighted by atomic mass is 16.2. The molecule has 148 valence electrons. The Morgan fingerprint density at radius 2 is 1.46 bits per heavy atom. The van der Waals surface area contributed by atoms with Crippen LogP contribution in [0.4, 0.5) is 11.4 Å². The lowest BCUT2D eigenvalue weighted by molar-refractivity contribution is 0.0937. The van der Waals surface area contributed by atoms with Gasteiger partial charge in [0.1, 0.15) is 0 Å². The van der Waals surface area contributed by atoms with Crippen LogP contribution in [0.5, 0.6) is 0 Å². The van der Waals surface area contributed by atoms with Crippen LogP contribution in [0.1, 0.15) is 60.2 Å². The number of carbonyl (C=O) groups excluding carboxylic acids is 2. The van der Waals surface area contributed by atoms with Crippen LogP contribution in [0.15, 0.2) is 48.5 Å². The number of piperidine rings is 1. The van der Waals surface area contributed by atoms with Crippen molar-refractivity contribution in [2.45, 2.75) is 45.6 Å². The first-order valence-electron chi connectivity index (χ1n) is 10.1. The summed E-state index contributed by atoms with van der Waals surface area (Å²) >= 11 is 0. The van der Waals surface area contributed by atoms with Gasteiger partial charge in [-0.05, 0) is 81.1 Å². The molecule has 5 heteroatoms. The maximum absolute atomic E-state index is 12.5. The van der Waals surface area contributed by atoms with E-state index in [9.17, 15) is 9.59 Å². The van der Waals surface area contributed by atoms with E-state index in [1.807, 2.05) is 26.0 Å². The number of rotatable bonds is 6. The Bertz CT molecular complexity index is 794. The molecule has 1 fully saturated rings. The minimum absolute atomic E-state index is 0.116. The molecule has 0 radical (unpaired) electrons. The standard InChI is InChI=1S/C23H29N3O2/c1-3-17(2)24-22(27)18-7-9-19(10-8-18)23(28)25-20-11-13-21(14-12-20)26-15-5-4-6-16-26/h7-14,17H,3-6,15-16H2,1-2H3,(H,24,27)(H,25,28). The number of benzene rings is 2. The highest BCUT2D eigenvalue weighted by molar-refractivity contribution is 6.05. The topological polar surface area (TPSA) is 61.4 Å². The summed E-state index contributed by atoms with van der Waals surface area (Å²) in [5.74, 6) is -0.297. The second-order valence-electron chi connectivity index (χ2n) is 7.41. The minimum Gasteiger partial charge on any atom is -0.372 e. The Morgan fingerprint density at radius 3 is 2.04 bits per heavy atom. The van der Waals surface area contributed by atoms with Gasteiger partial charge in [0, 0.05) is 41.6 Å². The summed E-state index contributed by atoms with van der Waals surface area (Å²) in [5, 5.41) is 5.84. The molecule has 3 rings (SSSR count). The molecular weight excluding hydrogens is 350 g/mol. The van der Waals surface area contributed by atoms with Gasteiger partial charge in [0.05, 0.1) is 0 Å². The second kappa shape index (κ2) is 9.40. The van der Waals surface area contributed by atoms with Crippen molar-refractivity contribution in [3.8, 4) is 0 Å². The largest absolute Gasteiger partial charge is 0.372 e. The first-order valence-corrected chi connectivity index (χ1v) is 10.1. The molecule has 1 heterocycles. The van der Waals surface area contributed by atoms with E-state index >= 15 is 0 Å². The number of hydrogen-bond acceptors (Lipinski definition) is 3. The first kappa shape index (κ1) is 19.9. The van der Waals surface area contributed by atoms with Crippen molar-refractivity contribution in [3.05, 3.63) is 59.7 Å². The van der Waals surface area contributed by atoms with Gasteiger partial charge in [0.2, 0.25) is 0 Å². The summed E-state index contributed by atoms with van der Waals surface area (Å²) in [6.45, 7) is 6.19. The van der Waals surface area contributed by atoms with Gasteiger partial charge >= 0.3 is 0 Å². The quantitative estimate of drug-likeness (QED) is 0.779. The van der Waals surface area contributed by atoms with Gasteiger partial charge in [-0.1, -0.05) is 6.92 Å². The van der Waals surface area contributed by atoms with Gasteiger partial charge in [0.15, 0.2) is 0 Å². The van der Waals surface area contributed by atoms with Crippen LogP contribution in [-0.4, -0.2) is 30.9 Å². The van der Waals surface area contributed by atoms with E-state index in [-0.39, 0.29) is 17.9 Å². The third-order valence-electron chi connectivity index (χ3n) is 5.25. The maximum atomic E-state index is 12.5. The summed E-state index contributed by atoms with van der Waals surface area (Å²) in [7, 11) is 0. The van der Waals surface area contributed by atoms with Crippen LogP contribution >= 0.6 is 0 Å². The molecule has 0 saturated carbocycles. The van der Waals surface area contributed by atoms with Crippen molar-refractivity contribution in [1.29, 1.82) is 0 Å². The zero-order valence-electron chi connectivity index (χ0n) is 16.7. The highest BCUT2D eigenvalue weighted by Crippen LogP contribution is 2.22. The van der Waals surface area contributed by atoms with Crippen molar-refractivity contribution in [2.24, 2.45) is 0 Å². The van der Waals surface area contributed by atoms with Gasteiger partial charge in [-0.15, -0.1) is 0 Å². The predicted molar refractivity (Wildman–Crippen MR) is 114 cm³/mol. The van der Waals surface area contributed by atoms with E-state index < -0.39 is 0 Å². The van der Waals surface area contributed by atoms with E-state index in [1.54, 1.807) is 24.3 Å². The molecule has 1 atom stereocenters. The molecule has 5 nitrogen and oxygen atoms in total. The van der Waals surface area contributed by atoms with Crippen LogP contribution < -0.4 is 15.5 Å². The van der Waals surface area contributed by atoms with Gasteiger partial charge in [-0.25, -0.2) is 0 Å². The lowest BCUT2D eigenvalue weighted by Gasteiger charge is -2.28. The Balaban J connectivity index is 1.59. The smallest absolute Gasteiger partial charge is 0.255 e. The summed E-state index contributed by atoms with van der Waals surface area (Å²) in [6, 6.07) is 14.9. The monoisotopic (exact) mass is 379 g/mol. The van der Waals surface area contributed by atoms with Crippen LogP contribution in [0, 0.1) is 0 Å². The second-order valence-corrected chi connectivity index (χ2v) is 7.41. The SMILES string of the molecule is CCC(C)NC(=O)c1ccc(C(=O)Nc2ccc(N3CCCCC3)cc2)cc1. The highest BCUT2D eigenvalue weighted by Gasteiger charge is 2.13. The molecule has 0 aromatic heterocycles. The van der Waals surface area contributed by atoms with E-state index in [0.717, 1.165) is 25.2 Å². The predicted octanol–water partition coefficient (Wildman–Crippen LogP) is 4.46. The Labute approximate surface area is 167 Å². The Morgan fingerprint density at radius 1 is 0.893 bits per heavy atom. The fourth-order valence-electron chi connectivity index (χ4n) is 3.29. The molecule has 0 aliphatic carbocycles. The minimum atomic E-state index is -0.181. The van der Waals surface area contributed by atoms with Crippen molar-refractivity contribution >= 4 is 23.2 Å². The van der Waals surface area contributed by atoms with Gasteiger partial charge < -0.3 is 15.5 Å². The number of carbonyl (C=O) groups is 2. The molecule has 1 saturated heterocycles. The molecule has 2 aromatic rings. The lowest BCUT2D eigenvalue weighted by Crippen LogP contribution is -2.31. The Kier molecular flexibility index (Phi) is 6.69. The van der Waals surface area contributed by atoms with Crippen LogP contribution in [0.25, 0.3) is 0 Å². The molecule has 0 bridgehead atoms. The molecule has 2 N–H and O–H groups in total. The summed E-state index contributed by atoms with van der Waals surface area (Å²) in [5.41, 5.74) is 3.06. The van der Waals surface area contributed by atoms with Crippen molar-refractivity contribution in [2.75, 3.05) is 23.3 Å². The summed E-state index contributed by atoms with van der Waals surface area (Å²) in [4.78, 5) is 27.0.